The van der Waals surface area contributed by atoms with E-state index in [2.05, 4.69) is 48.9 Å². The van der Waals surface area contributed by atoms with Gasteiger partial charge in [0.25, 0.3) is 0 Å². The summed E-state index contributed by atoms with van der Waals surface area (Å²) in [5, 5.41) is 0. The molecule has 1 aliphatic carbocycles. The molecule has 0 spiro atoms. The summed E-state index contributed by atoms with van der Waals surface area (Å²) in [7, 11) is 2.02. The van der Waals surface area contributed by atoms with Crippen LogP contribution < -0.4 is 0 Å². The van der Waals surface area contributed by atoms with Crippen LogP contribution in [0.3, 0.4) is 0 Å². The minimum Gasteiger partial charge on any atom is -0.357 e. The van der Waals surface area contributed by atoms with E-state index in [9.17, 15) is 0 Å². The van der Waals surface area contributed by atoms with Gasteiger partial charge in [-0.3, -0.25) is 0 Å². The molecule has 0 saturated carbocycles. The monoisotopic (exact) mass is 157 g/mol. The Morgan fingerprint density at radius 1 is 0.833 bits per heavy atom. The second-order valence-corrected chi connectivity index (χ2v) is 2.93. The maximum absolute atomic E-state index is 2.12. The van der Waals surface area contributed by atoms with Crippen LogP contribution in [0.15, 0.2) is 60.0 Å². The number of hydrogen-bond donors (Lipinski definition) is 0. The van der Waals surface area contributed by atoms with Crippen molar-refractivity contribution in [3.05, 3.63) is 60.0 Å². The molecule has 0 aromatic carbocycles. The second kappa shape index (κ2) is 2.86. The fourth-order valence-corrected chi connectivity index (χ4v) is 1.26. The zero-order valence-electron chi connectivity index (χ0n) is 7.07. The predicted molar refractivity (Wildman–Crippen MR) is 51.3 cm³/mol. The van der Waals surface area contributed by atoms with Gasteiger partial charge in [0.05, 0.1) is 0 Å². The van der Waals surface area contributed by atoms with Crippen molar-refractivity contribution >= 4 is 0 Å². The lowest BCUT2D eigenvalue weighted by Gasteiger charge is -2.12. The highest BCUT2D eigenvalue weighted by Gasteiger charge is 2.00. The molecule has 0 aromatic rings. The molecule has 1 heterocycles. The van der Waals surface area contributed by atoms with E-state index in [4.69, 9.17) is 0 Å². The van der Waals surface area contributed by atoms with Crippen molar-refractivity contribution in [2.45, 2.75) is 0 Å². The summed E-state index contributed by atoms with van der Waals surface area (Å²) in [6.45, 7) is 0. The molecule has 1 heteroatoms. The van der Waals surface area contributed by atoms with Gasteiger partial charge in [-0.25, -0.2) is 0 Å². The van der Waals surface area contributed by atoms with Crippen LogP contribution in [0.2, 0.25) is 0 Å². The normalized spacial score (nSPS) is 19.9. The fourth-order valence-electron chi connectivity index (χ4n) is 1.26. The molecule has 2 aliphatic rings. The average Bonchev–Trinajstić information content (AvgIpc) is 2.58. The minimum atomic E-state index is 1.28. The van der Waals surface area contributed by atoms with E-state index >= 15 is 0 Å². The highest BCUT2D eigenvalue weighted by molar-refractivity contribution is 5.51. The Kier molecular flexibility index (Phi) is 1.71. The largest absolute Gasteiger partial charge is 0.357 e. The smallest absolute Gasteiger partial charge is 0.0106 e. The molecule has 0 fully saturated rings. The van der Waals surface area contributed by atoms with Crippen LogP contribution in [0, 0.1) is 0 Å². The number of rotatable bonds is 0. The van der Waals surface area contributed by atoms with E-state index in [1.165, 1.54) is 11.1 Å². The summed E-state index contributed by atoms with van der Waals surface area (Å²) >= 11 is 0. The topological polar surface area (TPSA) is 3.24 Å². The zero-order valence-corrected chi connectivity index (χ0v) is 7.07. The number of nitrogens with zero attached hydrogens (tertiary/aromatic N) is 1. The quantitative estimate of drug-likeness (QED) is 0.522. The molecule has 0 unspecified atom stereocenters. The van der Waals surface area contributed by atoms with E-state index in [-0.39, 0.29) is 0 Å². The molecule has 0 bridgehead atoms. The molecule has 0 saturated heterocycles. The van der Waals surface area contributed by atoms with E-state index in [1.54, 1.807) is 0 Å². The summed E-state index contributed by atoms with van der Waals surface area (Å²) in [6, 6.07) is 0. The van der Waals surface area contributed by atoms with Crippen LogP contribution >= 0.6 is 0 Å². The lowest BCUT2D eigenvalue weighted by molar-refractivity contribution is 0.620. The van der Waals surface area contributed by atoms with Crippen molar-refractivity contribution < 1.29 is 0 Å². The van der Waals surface area contributed by atoms with Crippen LogP contribution in [0.25, 0.3) is 0 Å². The van der Waals surface area contributed by atoms with Crippen LogP contribution in [-0.4, -0.2) is 11.9 Å². The first-order chi connectivity index (χ1) is 5.86. The highest BCUT2D eigenvalue weighted by atomic mass is 15.0. The third-order valence-corrected chi connectivity index (χ3v) is 1.97. The molecule has 1 nitrogen and oxygen atoms in total. The average molecular weight is 157 g/mol. The third-order valence-electron chi connectivity index (χ3n) is 1.97. The Bertz CT molecular complexity index is 297. The predicted octanol–water partition coefficient (Wildman–Crippen LogP) is 2.38. The van der Waals surface area contributed by atoms with Gasteiger partial charge in [0.1, 0.15) is 0 Å². The number of allylic oxidation sites excluding steroid dienone is 8. The SMILES string of the molecule is CN1C=CC(=C2C=CC=C2)C=C1. The Morgan fingerprint density at radius 3 is 1.92 bits per heavy atom. The third kappa shape index (κ3) is 1.26. The molecule has 0 amide bonds. The summed E-state index contributed by atoms with van der Waals surface area (Å²) in [4.78, 5) is 2.03. The van der Waals surface area contributed by atoms with E-state index in [1.807, 2.05) is 11.9 Å². The standard InChI is InChI=1S/C11H11N/c1-12-8-6-11(7-9-12)10-4-2-3-5-10/h2-9H,1H3. The lowest BCUT2D eigenvalue weighted by atomic mass is 10.1. The lowest BCUT2D eigenvalue weighted by Crippen LogP contribution is -2.03. The van der Waals surface area contributed by atoms with Crippen molar-refractivity contribution in [3.63, 3.8) is 0 Å². The van der Waals surface area contributed by atoms with E-state index < -0.39 is 0 Å². The van der Waals surface area contributed by atoms with E-state index in [0.29, 0.717) is 0 Å². The molecule has 0 radical (unpaired) electrons. The first-order valence-corrected chi connectivity index (χ1v) is 4.03. The zero-order chi connectivity index (χ0) is 8.39. The molecule has 60 valence electrons. The maximum Gasteiger partial charge on any atom is 0.0106 e. The maximum atomic E-state index is 2.12. The minimum absolute atomic E-state index is 1.28. The highest BCUT2D eigenvalue weighted by Crippen LogP contribution is 2.18. The molecule has 0 N–H and O–H groups in total. The van der Waals surface area contributed by atoms with Crippen molar-refractivity contribution in [2.24, 2.45) is 0 Å². The van der Waals surface area contributed by atoms with Gasteiger partial charge in [-0.1, -0.05) is 24.3 Å². The van der Waals surface area contributed by atoms with Crippen LogP contribution in [0.4, 0.5) is 0 Å². The van der Waals surface area contributed by atoms with Gasteiger partial charge in [0, 0.05) is 19.4 Å². The molecule has 0 aromatic heterocycles. The molecular formula is C11H11N. The second-order valence-electron chi connectivity index (χ2n) is 2.93. The van der Waals surface area contributed by atoms with Gasteiger partial charge in [-0.15, -0.1) is 0 Å². The Labute approximate surface area is 72.7 Å². The van der Waals surface area contributed by atoms with Gasteiger partial charge in [-0.05, 0) is 23.3 Å². The molecule has 1 aliphatic heterocycles. The molecule has 12 heavy (non-hydrogen) atoms. The van der Waals surface area contributed by atoms with Gasteiger partial charge < -0.3 is 4.90 Å². The summed E-state index contributed by atoms with van der Waals surface area (Å²) in [6.07, 6.45) is 16.7. The van der Waals surface area contributed by atoms with Crippen LogP contribution in [-0.2, 0) is 0 Å². The first-order valence-electron chi connectivity index (χ1n) is 4.03. The summed E-state index contributed by atoms with van der Waals surface area (Å²) in [5.74, 6) is 0. The first kappa shape index (κ1) is 7.17. The number of hydrogen-bond acceptors (Lipinski definition) is 1. The van der Waals surface area contributed by atoms with Crippen molar-refractivity contribution in [3.8, 4) is 0 Å². The Morgan fingerprint density at radius 2 is 1.33 bits per heavy atom. The molecule has 2 rings (SSSR count). The van der Waals surface area contributed by atoms with Gasteiger partial charge in [0.15, 0.2) is 0 Å². The van der Waals surface area contributed by atoms with E-state index in [0.717, 1.165) is 0 Å². The van der Waals surface area contributed by atoms with Crippen LogP contribution in [0.5, 0.6) is 0 Å². The fraction of sp³-hybridized carbons (Fsp3) is 0.0909. The Hall–Kier alpha value is -1.50. The van der Waals surface area contributed by atoms with Crippen molar-refractivity contribution in [1.29, 1.82) is 0 Å². The van der Waals surface area contributed by atoms with Crippen LogP contribution in [0.1, 0.15) is 0 Å². The Balaban J connectivity index is 2.32. The summed E-state index contributed by atoms with van der Waals surface area (Å²) in [5.41, 5.74) is 2.56. The summed E-state index contributed by atoms with van der Waals surface area (Å²) < 4.78 is 0. The van der Waals surface area contributed by atoms with Gasteiger partial charge in [-0.2, -0.15) is 0 Å². The van der Waals surface area contributed by atoms with Gasteiger partial charge >= 0.3 is 0 Å². The van der Waals surface area contributed by atoms with Crippen molar-refractivity contribution in [1.82, 2.24) is 4.90 Å². The molecule has 0 atom stereocenters. The van der Waals surface area contributed by atoms with Crippen molar-refractivity contribution in [2.75, 3.05) is 7.05 Å². The molecular weight excluding hydrogens is 146 g/mol. The van der Waals surface area contributed by atoms with Gasteiger partial charge in [0.2, 0.25) is 0 Å².